The largest absolute Gasteiger partial charge is 0.393 e. The van der Waals surface area contributed by atoms with Crippen molar-refractivity contribution in [2.75, 3.05) is 13.1 Å². The average molecular weight is 282 g/mol. The Kier molecular flexibility index (Phi) is 4.83. The second kappa shape index (κ2) is 6.40. The third-order valence-corrected chi connectivity index (χ3v) is 4.10. The van der Waals surface area contributed by atoms with Gasteiger partial charge in [-0.05, 0) is 43.4 Å². The number of piperidine rings is 1. The van der Waals surface area contributed by atoms with Crippen LogP contribution in [0.1, 0.15) is 36.5 Å². The van der Waals surface area contributed by atoms with Gasteiger partial charge >= 0.3 is 0 Å². The lowest BCUT2D eigenvalue weighted by molar-refractivity contribution is 0.0454. The summed E-state index contributed by atoms with van der Waals surface area (Å²) in [7, 11) is 0. The number of likely N-dealkylation sites (tertiary alicyclic amines) is 1. The second-order valence-corrected chi connectivity index (χ2v) is 5.55. The van der Waals surface area contributed by atoms with Crippen molar-refractivity contribution in [1.82, 2.24) is 4.90 Å². The molecule has 1 atom stereocenters. The zero-order valence-corrected chi connectivity index (χ0v) is 11.9. The maximum atomic E-state index is 12.3. The fraction of sp³-hybridized carbons (Fsp3) is 0.533. The average Bonchev–Trinajstić information content (AvgIpc) is 2.46. The first kappa shape index (κ1) is 14.4. The Hall–Kier alpha value is -1.06. The van der Waals surface area contributed by atoms with E-state index >= 15 is 0 Å². The van der Waals surface area contributed by atoms with Gasteiger partial charge < -0.3 is 10.0 Å². The first-order chi connectivity index (χ1) is 9.11. The third kappa shape index (κ3) is 3.48. The Bertz CT molecular complexity index is 442. The molecule has 0 bridgehead atoms. The fourth-order valence-electron chi connectivity index (χ4n) is 2.62. The summed E-state index contributed by atoms with van der Waals surface area (Å²) in [6.45, 7) is 3.42. The van der Waals surface area contributed by atoms with Gasteiger partial charge in [0.05, 0.1) is 6.10 Å². The van der Waals surface area contributed by atoms with Crippen molar-refractivity contribution < 1.29 is 9.90 Å². The normalized spacial score (nSPS) is 18.4. The molecule has 104 valence electrons. The maximum absolute atomic E-state index is 12.3. The minimum atomic E-state index is -0.233. The monoisotopic (exact) mass is 281 g/mol. The highest BCUT2D eigenvalue weighted by atomic mass is 35.5. The van der Waals surface area contributed by atoms with E-state index in [9.17, 15) is 9.90 Å². The Morgan fingerprint density at radius 3 is 2.74 bits per heavy atom. The second-order valence-electron chi connectivity index (χ2n) is 5.12. The van der Waals surface area contributed by atoms with Crippen LogP contribution in [0.3, 0.4) is 0 Å². The van der Waals surface area contributed by atoms with Crippen LogP contribution >= 0.6 is 11.6 Å². The lowest BCUT2D eigenvalue weighted by Gasteiger charge is -2.34. The van der Waals surface area contributed by atoms with Gasteiger partial charge in [0.25, 0.3) is 5.91 Å². The standard InChI is InChI=1S/C15H20ClNO2/c1-2-14(18)11-6-8-17(9-7-11)15(19)12-4-3-5-13(16)10-12/h3-5,10-11,14,18H,2,6-9H2,1H3. The number of halogens is 1. The number of hydrogen-bond donors (Lipinski definition) is 1. The van der Waals surface area contributed by atoms with E-state index in [1.165, 1.54) is 0 Å². The molecule has 0 aliphatic carbocycles. The molecule has 0 spiro atoms. The minimum Gasteiger partial charge on any atom is -0.393 e. The number of carbonyl (C=O) groups excluding carboxylic acids is 1. The van der Waals surface area contributed by atoms with Crippen LogP contribution in [0.5, 0.6) is 0 Å². The van der Waals surface area contributed by atoms with Gasteiger partial charge in [-0.1, -0.05) is 24.6 Å². The summed E-state index contributed by atoms with van der Waals surface area (Å²) in [5, 5.41) is 10.4. The summed E-state index contributed by atoms with van der Waals surface area (Å²) >= 11 is 5.91. The van der Waals surface area contributed by atoms with Crippen LogP contribution in [-0.2, 0) is 0 Å². The van der Waals surface area contributed by atoms with Gasteiger partial charge in [0.2, 0.25) is 0 Å². The van der Waals surface area contributed by atoms with Crippen LogP contribution in [0, 0.1) is 5.92 Å². The van der Waals surface area contributed by atoms with Gasteiger partial charge in [-0.3, -0.25) is 4.79 Å². The predicted octanol–water partition coefficient (Wildman–Crippen LogP) is 2.96. The lowest BCUT2D eigenvalue weighted by atomic mass is 9.90. The highest BCUT2D eigenvalue weighted by molar-refractivity contribution is 6.30. The number of rotatable bonds is 3. The smallest absolute Gasteiger partial charge is 0.253 e. The van der Waals surface area contributed by atoms with E-state index in [-0.39, 0.29) is 12.0 Å². The van der Waals surface area contributed by atoms with Crippen molar-refractivity contribution in [3.63, 3.8) is 0 Å². The molecule has 19 heavy (non-hydrogen) atoms. The molecule has 1 unspecified atom stereocenters. The van der Waals surface area contributed by atoms with Crippen LogP contribution in [0.15, 0.2) is 24.3 Å². The van der Waals surface area contributed by atoms with Crippen LogP contribution in [0.25, 0.3) is 0 Å². The summed E-state index contributed by atoms with van der Waals surface area (Å²) in [4.78, 5) is 14.2. The summed E-state index contributed by atoms with van der Waals surface area (Å²) in [6, 6.07) is 7.06. The van der Waals surface area contributed by atoms with Gasteiger partial charge in [-0.15, -0.1) is 0 Å². The zero-order chi connectivity index (χ0) is 13.8. The molecule has 1 saturated heterocycles. The molecule has 2 rings (SSSR count). The van der Waals surface area contributed by atoms with Gasteiger partial charge in [0.1, 0.15) is 0 Å². The molecule has 0 saturated carbocycles. The van der Waals surface area contributed by atoms with Gasteiger partial charge in [0, 0.05) is 23.7 Å². The molecular formula is C15H20ClNO2. The molecule has 1 N–H and O–H groups in total. The number of benzene rings is 1. The van der Waals surface area contributed by atoms with E-state index in [0.29, 0.717) is 29.6 Å². The Morgan fingerprint density at radius 1 is 1.47 bits per heavy atom. The van der Waals surface area contributed by atoms with E-state index in [1.807, 2.05) is 11.8 Å². The molecule has 1 aromatic carbocycles. The molecule has 0 radical (unpaired) electrons. The zero-order valence-electron chi connectivity index (χ0n) is 11.2. The molecule has 3 nitrogen and oxygen atoms in total. The first-order valence-electron chi connectivity index (χ1n) is 6.84. The van der Waals surface area contributed by atoms with Crippen molar-refractivity contribution in [2.24, 2.45) is 5.92 Å². The molecule has 1 aliphatic rings. The van der Waals surface area contributed by atoms with E-state index in [1.54, 1.807) is 24.3 Å². The third-order valence-electron chi connectivity index (χ3n) is 3.86. The first-order valence-corrected chi connectivity index (χ1v) is 7.22. The van der Waals surface area contributed by atoms with Crippen LogP contribution < -0.4 is 0 Å². The molecule has 1 amide bonds. The van der Waals surface area contributed by atoms with Gasteiger partial charge in [0.15, 0.2) is 0 Å². The van der Waals surface area contributed by atoms with Crippen molar-refractivity contribution in [1.29, 1.82) is 0 Å². The molecule has 0 aromatic heterocycles. The Labute approximate surface area is 119 Å². The summed E-state index contributed by atoms with van der Waals surface area (Å²) in [5.41, 5.74) is 0.641. The number of carbonyl (C=O) groups is 1. The topological polar surface area (TPSA) is 40.5 Å². The number of amides is 1. The van der Waals surface area contributed by atoms with Crippen molar-refractivity contribution in [3.05, 3.63) is 34.9 Å². The predicted molar refractivity (Wildman–Crippen MR) is 76.4 cm³/mol. The molecule has 1 aliphatic heterocycles. The molecular weight excluding hydrogens is 262 g/mol. The van der Waals surface area contributed by atoms with E-state index in [2.05, 4.69) is 0 Å². The quantitative estimate of drug-likeness (QED) is 0.925. The molecule has 1 aromatic rings. The summed E-state index contributed by atoms with van der Waals surface area (Å²) in [6.07, 6.45) is 2.30. The van der Waals surface area contributed by atoms with Gasteiger partial charge in [-0.2, -0.15) is 0 Å². The van der Waals surface area contributed by atoms with Gasteiger partial charge in [-0.25, -0.2) is 0 Å². The van der Waals surface area contributed by atoms with Crippen molar-refractivity contribution in [3.8, 4) is 0 Å². The Balaban J connectivity index is 1.96. The molecule has 4 heteroatoms. The highest BCUT2D eigenvalue weighted by Gasteiger charge is 2.27. The molecule has 1 fully saturated rings. The number of aliphatic hydroxyl groups excluding tert-OH is 1. The van der Waals surface area contributed by atoms with E-state index in [4.69, 9.17) is 11.6 Å². The highest BCUT2D eigenvalue weighted by Crippen LogP contribution is 2.23. The lowest BCUT2D eigenvalue weighted by Crippen LogP contribution is -2.41. The number of aliphatic hydroxyl groups is 1. The van der Waals surface area contributed by atoms with Crippen molar-refractivity contribution in [2.45, 2.75) is 32.3 Å². The maximum Gasteiger partial charge on any atom is 0.253 e. The number of nitrogens with zero attached hydrogens (tertiary/aromatic N) is 1. The van der Waals surface area contributed by atoms with Crippen LogP contribution in [0.4, 0.5) is 0 Å². The van der Waals surface area contributed by atoms with Crippen LogP contribution in [0.2, 0.25) is 5.02 Å². The summed E-state index contributed by atoms with van der Waals surface area (Å²) < 4.78 is 0. The fourth-order valence-corrected chi connectivity index (χ4v) is 2.82. The minimum absolute atomic E-state index is 0.0342. The van der Waals surface area contributed by atoms with E-state index < -0.39 is 0 Å². The Morgan fingerprint density at radius 2 is 2.16 bits per heavy atom. The summed E-state index contributed by atoms with van der Waals surface area (Å²) in [5.74, 6) is 0.361. The SMILES string of the molecule is CCC(O)C1CCN(C(=O)c2cccc(Cl)c2)CC1. The molecule has 1 heterocycles. The van der Waals surface area contributed by atoms with Crippen molar-refractivity contribution >= 4 is 17.5 Å². The van der Waals surface area contributed by atoms with E-state index in [0.717, 1.165) is 19.3 Å². The van der Waals surface area contributed by atoms with Crippen LogP contribution in [-0.4, -0.2) is 35.1 Å². The number of hydrogen-bond acceptors (Lipinski definition) is 2.